The van der Waals surface area contributed by atoms with Crippen molar-refractivity contribution < 1.29 is 17.6 Å². The van der Waals surface area contributed by atoms with Gasteiger partial charge >= 0.3 is 0 Å². The highest BCUT2D eigenvalue weighted by Gasteiger charge is 2.37. The van der Waals surface area contributed by atoms with E-state index in [4.69, 9.17) is 0 Å². The molecule has 1 unspecified atom stereocenters. The number of sulfonamides is 1. The molecule has 1 aliphatic carbocycles. The Hall–Kier alpha value is -2.67. The van der Waals surface area contributed by atoms with E-state index in [1.165, 1.54) is 29.8 Å². The molecular weight excluding hydrogens is 439 g/mol. The van der Waals surface area contributed by atoms with Gasteiger partial charge in [-0.2, -0.15) is 0 Å². The van der Waals surface area contributed by atoms with E-state index in [1.807, 2.05) is 17.0 Å². The third-order valence-electron chi connectivity index (χ3n) is 6.93. The molecule has 1 N–H and O–H groups in total. The van der Waals surface area contributed by atoms with Gasteiger partial charge in [-0.25, -0.2) is 12.8 Å². The van der Waals surface area contributed by atoms with Gasteiger partial charge in [-0.1, -0.05) is 31.2 Å². The van der Waals surface area contributed by atoms with Crippen LogP contribution < -0.4 is 9.62 Å². The van der Waals surface area contributed by atoms with E-state index >= 15 is 0 Å². The maximum Gasteiger partial charge on any atom is 0.236 e. The minimum atomic E-state index is -3.66. The van der Waals surface area contributed by atoms with Crippen LogP contribution in [0.25, 0.3) is 0 Å². The van der Waals surface area contributed by atoms with Crippen LogP contribution in [0.1, 0.15) is 56.6 Å². The van der Waals surface area contributed by atoms with Crippen LogP contribution in [0.5, 0.6) is 0 Å². The molecule has 2 aromatic rings. The van der Waals surface area contributed by atoms with Crippen molar-refractivity contribution in [3.63, 3.8) is 0 Å². The molecule has 0 spiro atoms. The number of allylic oxidation sites excluding steroid dienone is 1. The minimum Gasteiger partial charge on any atom is -0.312 e. The van der Waals surface area contributed by atoms with Crippen molar-refractivity contribution in [1.29, 1.82) is 0 Å². The molecule has 0 radical (unpaired) electrons. The summed E-state index contributed by atoms with van der Waals surface area (Å²) in [6.07, 6.45) is 6.20. The lowest BCUT2D eigenvalue weighted by Crippen LogP contribution is -2.44. The van der Waals surface area contributed by atoms with E-state index in [9.17, 15) is 17.6 Å². The summed E-state index contributed by atoms with van der Waals surface area (Å²) in [4.78, 5) is 14.8. The number of rotatable bonds is 7. The molecule has 1 aliphatic heterocycles. The zero-order chi connectivity index (χ0) is 23.6. The fraction of sp³-hybridized carbons (Fsp3) is 0.423. The zero-order valence-electron chi connectivity index (χ0n) is 19.1. The Kier molecular flexibility index (Phi) is 6.61. The maximum absolute atomic E-state index is 13.1. The third kappa shape index (κ3) is 5.46. The number of carbonyl (C=O) groups is 1. The molecule has 1 fully saturated rings. The summed E-state index contributed by atoms with van der Waals surface area (Å²) in [5.74, 6) is -0.519. The smallest absolute Gasteiger partial charge is 0.236 e. The number of hydrogen-bond donors (Lipinski definition) is 1. The van der Waals surface area contributed by atoms with Crippen LogP contribution in [0.4, 0.5) is 15.8 Å². The Bertz CT molecular complexity index is 1160. The summed E-state index contributed by atoms with van der Waals surface area (Å²) in [6.45, 7) is 7.06. The lowest BCUT2D eigenvalue weighted by atomic mass is 9.70. The van der Waals surface area contributed by atoms with Crippen LogP contribution in [0, 0.1) is 11.2 Å². The Morgan fingerprint density at radius 3 is 2.58 bits per heavy atom. The standard InChI is InChI=1S/C26H31FN2O3S/c1-3-26(14-4-5-19(2)16-26)18-29-24-12-11-23(15-21(24)8-13-25(29)30)28-33(31,32)17-20-6-9-22(27)10-7-20/h6-7,9-12,15,28H,2-5,8,13-14,16-18H2,1H3. The SMILES string of the molecule is C=C1CCCC(CC)(CN2C(=O)CCc3cc(NS(=O)(=O)Cc4ccc(F)cc4)ccc32)C1. The number of hydrogen-bond acceptors (Lipinski definition) is 3. The van der Waals surface area contributed by atoms with Crippen molar-refractivity contribution in [3.8, 4) is 0 Å². The van der Waals surface area contributed by atoms with Crippen LogP contribution in [-0.4, -0.2) is 20.9 Å². The molecule has 2 aliphatic rings. The highest BCUT2D eigenvalue weighted by molar-refractivity contribution is 7.91. The highest BCUT2D eigenvalue weighted by Crippen LogP contribution is 2.44. The second-order valence-corrected chi connectivity index (χ2v) is 11.2. The molecule has 0 aromatic heterocycles. The minimum absolute atomic E-state index is 0.0506. The van der Waals surface area contributed by atoms with Crippen LogP contribution in [0.2, 0.25) is 0 Å². The first-order valence-electron chi connectivity index (χ1n) is 11.5. The molecule has 1 saturated carbocycles. The Morgan fingerprint density at radius 2 is 1.88 bits per heavy atom. The first-order chi connectivity index (χ1) is 15.7. The Morgan fingerprint density at radius 1 is 1.12 bits per heavy atom. The number of halogens is 1. The molecule has 1 heterocycles. The third-order valence-corrected chi connectivity index (χ3v) is 8.19. The maximum atomic E-state index is 13.1. The second-order valence-electron chi connectivity index (χ2n) is 9.44. The highest BCUT2D eigenvalue weighted by atomic mass is 32.2. The van der Waals surface area contributed by atoms with Crippen LogP contribution in [0.3, 0.4) is 0 Å². The molecule has 1 atom stereocenters. The fourth-order valence-electron chi connectivity index (χ4n) is 5.12. The number of benzene rings is 2. The monoisotopic (exact) mass is 470 g/mol. The van der Waals surface area contributed by atoms with E-state index in [0.717, 1.165) is 43.4 Å². The van der Waals surface area contributed by atoms with E-state index in [2.05, 4.69) is 18.2 Å². The van der Waals surface area contributed by atoms with E-state index < -0.39 is 15.8 Å². The lowest BCUT2D eigenvalue weighted by molar-refractivity contribution is -0.119. The summed E-state index contributed by atoms with van der Waals surface area (Å²) >= 11 is 0. The van der Waals surface area contributed by atoms with Crippen molar-refractivity contribution in [2.45, 2.75) is 57.6 Å². The molecule has 1 amide bonds. The van der Waals surface area contributed by atoms with Gasteiger partial charge in [0.25, 0.3) is 0 Å². The molecule has 4 rings (SSSR count). The van der Waals surface area contributed by atoms with Crippen molar-refractivity contribution >= 4 is 27.3 Å². The van der Waals surface area contributed by atoms with Gasteiger partial charge in [0.1, 0.15) is 5.82 Å². The number of aryl methyl sites for hydroxylation is 1. The first kappa shape index (κ1) is 23.5. The first-order valence-corrected chi connectivity index (χ1v) is 13.2. The van der Waals surface area contributed by atoms with Gasteiger partial charge in [-0.15, -0.1) is 0 Å². The fourth-order valence-corrected chi connectivity index (χ4v) is 6.31. The van der Waals surface area contributed by atoms with Gasteiger partial charge in [0.15, 0.2) is 0 Å². The predicted octanol–water partition coefficient (Wildman–Crippen LogP) is 5.57. The molecule has 7 heteroatoms. The van der Waals surface area contributed by atoms with Gasteiger partial charge < -0.3 is 4.90 Å². The van der Waals surface area contributed by atoms with Crippen LogP contribution >= 0.6 is 0 Å². The number of carbonyl (C=O) groups excluding carboxylic acids is 1. The summed E-state index contributed by atoms with van der Waals surface area (Å²) in [5.41, 5.74) is 4.14. The molecular formula is C26H31FN2O3S. The predicted molar refractivity (Wildman–Crippen MR) is 130 cm³/mol. The molecule has 176 valence electrons. The average Bonchev–Trinajstić information content (AvgIpc) is 2.77. The zero-order valence-corrected chi connectivity index (χ0v) is 19.9. The lowest BCUT2D eigenvalue weighted by Gasteiger charge is -2.43. The average molecular weight is 471 g/mol. The van der Waals surface area contributed by atoms with E-state index in [0.29, 0.717) is 30.6 Å². The van der Waals surface area contributed by atoms with E-state index in [-0.39, 0.29) is 17.1 Å². The normalized spacial score (nSPS) is 21.1. The van der Waals surface area contributed by atoms with Crippen molar-refractivity contribution in [3.05, 3.63) is 71.6 Å². The quantitative estimate of drug-likeness (QED) is 0.538. The number of nitrogens with zero attached hydrogens (tertiary/aromatic N) is 1. The van der Waals surface area contributed by atoms with Gasteiger partial charge in [-0.05, 0) is 85.4 Å². The number of amides is 1. The van der Waals surface area contributed by atoms with Crippen LogP contribution in [0.15, 0.2) is 54.6 Å². The molecule has 0 bridgehead atoms. The summed E-state index contributed by atoms with van der Waals surface area (Å²) < 4.78 is 41.0. The second kappa shape index (κ2) is 9.29. The van der Waals surface area contributed by atoms with Gasteiger partial charge in [0, 0.05) is 24.3 Å². The molecule has 5 nitrogen and oxygen atoms in total. The summed E-state index contributed by atoms with van der Waals surface area (Å²) in [6, 6.07) is 10.8. The summed E-state index contributed by atoms with van der Waals surface area (Å²) in [7, 11) is -3.66. The van der Waals surface area contributed by atoms with Gasteiger partial charge in [0.05, 0.1) is 5.75 Å². The topological polar surface area (TPSA) is 66.5 Å². The largest absolute Gasteiger partial charge is 0.312 e. The number of nitrogens with one attached hydrogen (secondary N) is 1. The van der Waals surface area contributed by atoms with E-state index in [1.54, 1.807) is 6.07 Å². The molecule has 2 aromatic carbocycles. The molecule has 33 heavy (non-hydrogen) atoms. The Labute approximate surface area is 195 Å². The van der Waals surface area contributed by atoms with Crippen molar-refractivity contribution in [2.75, 3.05) is 16.2 Å². The van der Waals surface area contributed by atoms with Gasteiger partial charge in [-0.3, -0.25) is 9.52 Å². The number of fused-ring (bicyclic) bond motifs is 1. The number of anilines is 2. The Balaban J connectivity index is 1.53. The van der Waals surface area contributed by atoms with Crippen molar-refractivity contribution in [2.24, 2.45) is 5.41 Å². The summed E-state index contributed by atoms with van der Waals surface area (Å²) in [5, 5.41) is 0. The van der Waals surface area contributed by atoms with Crippen molar-refractivity contribution in [1.82, 2.24) is 0 Å². The van der Waals surface area contributed by atoms with Gasteiger partial charge in [0.2, 0.25) is 15.9 Å². The molecule has 0 saturated heterocycles. The van der Waals surface area contributed by atoms with Crippen LogP contribution in [-0.2, 0) is 27.0 Å².